The maximum absolute atomic E-state index is 13.5. The van der Waals surface area contributed by atoms with Gasteiger partial charge in [0.1, 0.15) is 6.04 Å². The van der Waals surface area contributed by atoms with Crippen LogP contribution in [-0.2, 0) is 20.7 Å². The fraction of sp³-hybridized carbons (Fsp3) is 0.500. The smallest absolute Gasteiger partial charge is 0.328 e. The molecule has 0 spiro atoms. The van der Waals surface area contributed by atoms with E-state index in [2.05, 4.69) is 26.0 Å². The van der Waals surface area contributed by atoms with Crippen LogP contribution in [0.3, 0.4) is 0 Å². The molecule has 0 saturated carbocycles. The predicted molar refractivity (Wildman–Crippen MR) is 132 cm³/mol. The number of likely N-dealkylation sites (tertiary alicyclic amines) is 1. The number of piperidine rings is 1. The number of carbonyl (C=O) groups excluding carboxylic acids is 2. The molecule has 3 atom stereocenters. The van der Waals surface area contributed by atoms with Gasteiger partial charge in [0.05, 0.1) is 27.2 Å². The molecule has 184 valence electrons. The van der Waals surface area contributed by atoms with Gasteiger partial charge in [-0.15, -0.1) is 0 Å². The summed E-state index contributed by atoms with van der Waals surface area (Å²) in [5, 5.41) is 0. The van der Waals surface area contributed by atoms with Crippen LogP contribution in [0, 0.1) is 5.92 Å². The van der Waals surface area contributed by atoms with E-state index in [1.54, 1.807) is 19.1 Å². The molecular formula is C28H37NO5. The number of rotatable bonds is 8. The number of benzene rings is 2. The van der Waals surface area contributed by atoms with Gasteiger partial charge in [0.25, 0.3) is 0 Å². The molecule has 0 aromatic heterocycles. The summed E-state index contributed by atoms with van der Waals surface area (Å²) in [5.74, 6) is 1.25. The van der Waals surface area contributed by atoms with E-state index in [9.17, 15) is 9.59 Å². The highest BCUT2D eigenvalue weighted by molar-refractivity contribution is 5.88. The average Bonchev–Trinajstić information content (AvgIpc) is 2.86. The molecule has 1 aliphatic heterocycles. The molecule has 3 rings (SSSR count). The second kappa shape index (κ2) is 11.4. The Morgan fingerprint density at radius 1 is 0.971 bits per heavy atom. The van der Waals surface area contributed by atoms with Gasteiger partial charge in [0.2, 0.25) is 5.91 Å². The van der Waals surface area contributed by atoms with E-state index in [0.29, 0.717) is 30.4 Å². The first kappa shape index (κ1) is 25.6. The number of methoxy groups -OCH3 is 3. The Balaban J connectivity index is 1.78. The van der Waals surface area contributed by atoms with Crippen molar-refractivity contribution in [1.29, 1.82) is 0 Å². The summed E-state index contributed by atoms with van der Waals surface area (Å²) in [6.07, 6.45) is 2.28. The van der Waals surface area contributed by atoms with Crippen molar-refractivity contribution in [2.45, 2.75) is 57.9 Å². The Morgan fingerprint density at radius 2 is 1.65 bits per heavy atom. The monoisotopic (exact) mass is 467 g/mol. The standard InChI is InChI=1S/C28H37NO5/c1-18(2)15-20-7-9-21(10-8-20)19(3)27(30)29-14-13-23(16-24(29)28(31)34-6)22-11-12-25(32-4)26(17-22)33-5/h7-12,17-19,23-24H,13-16H2,1-6H3/t19-,23?,24?/m0/s1. The minimum atomic E-state index is -0.619. The van der Waals surface area contributed by atoms with Crippen LogP contribution in [0.15, 0.2) is 42.5 Å². The number of amides is 1. The number of carbonyl (C=O) groups is 2. The van der Waals surface area contributed by atoms with E-state index in [0.717, 1.165) is 24.0 Å². The van der Waals surface area contributed by atoms with E-state index in [4.69, 9.17) is 14.2 Å². The van der Waals surface area contributed by atoms with Crippen LogP contribution in [0.2, 0.25) is 0 Å². The zero-order valence-electron chi connectivity index (χ0n) is 21.2. The summed E-state index contributed by atoms with van der Waals surface area (Å²) < 4.78 is 15.9. The summed E-state index contributed by atoms with van der Waals surface area (Å²) >= 11 is 0. The fourth-order valence-corrected chi connectivity index (χ4v) is 4.80. The molecule has 1 aliphatic rings. The summed E-state index contributed by atoms with van der Waals surface area (Å²) in [4.78, 5) is 27.9. The van der Waals surface area contributed by atoms with Crippen molar-refractivity contribution >= 4 is 11.9 Å². The van der Waals surface area contributed by atoms with Gasteiger partial charge in [-0.25, -0.2) is 4.79 Å². The van der Waals surface area contributed by atoms with E-state index >= 15 is 0 Å². The molecule has 1 amide bonds. The zero-order valence-corrected chi connectivity index (χ0v) is 21.2. The molecule has 34 heavy (non-hydrogen) atoms. The van der Waals surface area contributed by atoms with E-state index in [-0.39, 0.29) is 23.7 Å². The van der Waals surface area contributed by atoms with Crippen molar-refractivity contribution in [3.05, 3.63) is 59.2 Å². The van der Waals surface area contributed by atoms with Gasteiger partial charge < -0.3 is 19.1 Å². The van der Waals surface area contributed by atoms with Gasteiger partial charge in [0.15, 0.2) is 11.5 Å². The first-order valence-electron chi connectivity index (χ1n) is 12.0. The summed E-state index contributed by atoms with van der Waals surface area (Å²) in [5.41, 5.74) is 3.29. The van der Waals surface area contributed by atoms with Crippen LogP contribution in [0.4, 0.5) is 0 Å². The Bertz CT molecular complexity index is 985. The minimum Gasteiger partial charge on any atom is -0.493 e. The largest absolute Gasteiger partial charge is 0.493 e. The molecule has 1 saturated heterocycles. The van der Waals surface area contributed by atoms with Crippen molar-refractivity contribution < 1.29 is 23.8 Å². The number of hydrogen-bond donors (Lipinski definition) is 0. The van der Waals surface area contributed by atoms with Gasteiger partial charge in [-0.05, 0) is 66.8 Å². The van der Waals surface area contributed by atoms with E-state index in [1.807, 2.05) is 37.3 Å². The summed E-state index contributed by atoms with van der Waals surface area (Å²) in [6, 6.07) is 13.5. The molecule has 6 heteroatoms. The van der Waals surface area contributed by atoms with Gasteiger partial charge >= 0.3 is 5.97 Å². The maximum atomic E-state index is 13.5. The van der Waals surface area contributed by atoms with Gasteiger partial charge in [-0.3, -0.25) is 4.79 Å². The zero-order chi connectivity index (χ0) is 24.8. The number of esters is 1. The molecule has 1 fully saturated rings. The summed E-state index contributed by atoms with van der Waals surface area (Å²) in [6.45, 7) is 6.79. The lowest BCUT2D eigenvalue weighted by molar-refractivity contribution is -0.155. The molecule has 0 bridgehead atoms. The topological polar surface area (TPSA) is 65.1 Å². The van der Waals surface area contributed by atoms with Gasteiger partial charge in [0, 0.05) is 6.54 Å². The van der Waals surface area contributed by atoms with Crippen LogP contribution in [0.25, 0.3) is 0 Å². The highest BCUT2D eigenvalue weighted by atomic mass is 16.5. The van der Waals surface area contributed by atoms with Crippen LogP contribution < -0.4 is 9.47 Å². The molecule has 0 aliphatic carbocycles. The van der Waals surface area contributed by atoms with Crippen molar-refractivity contribution in [2.75, 3.05) is 27.9 Å². The lowest BCUT2D eigenvalue weighted by atomic mass is 9.84. The predicted octanol–water partition coefficient (Wildman–Crippen LogP) is 4.95. The van der Waals surface area contributed by atoms with Crippen LogP contribution >= 0.6 is 0 Å². The second-order valence-corrected chi connectivity index (χ2v) is 9.47. The number of nitrogens with zero attached hydrogens (tertiary/aromatic N) is 1. The molecule has 0 N–H and O–H groups in total. The van der Waals surface area contributed by atoms with Crippen molar-refractivity contribution in [3.63, 3.8) is 0 Å². The van der Waals surface area contributed by atoms with Crippen LogP contribution in [-0.4, -0.2) is 50.7 Å². The van der Waals surface area contributed by atoms with E-state index in [1.165, 1.54) is 12.7 Å². The number of hydrogen-bond acceptors (Lipinski definition) is 5. The molecule has 2 aromatic carbocycles. The lowest BCUT2D eigenvalue weighted by Gasteiger charge is -2.39. The van der Waals surface area contributed by atoms with Crippen molar-refractivity contribution in [1.82, 2.24) is 4.90 Å². The van der Waals surface area contributed by atoms with Gasteiger partial charge in [-0.1, -0.05) is 44.2 Å². The number of ether oxygens (including phenoxy) is 3. The minimum absolute atomic E-state index is 0.0437. The van der Waals surface area contributed by atoms with Gasteiger partial charge in [-0.2, -0.15) is 0 Å². The lowest BCUT2D eigenvalue weighted by Crippen LogP contribution is -2.51. The molecular weight excluding hydrogens is 430 g/mol. The highest BCUT2D eigenvalue weighted by Crippen LogP contribution is 2.37. The maximum Gasteiger partial charge on any atom is 0.328 e. The molecule has 2 unspecified atom stereocenters. The quantitative estimate of drug-likeness (QED) is 0.514. The van der Waals surface area contributed by atoms with E-state index < -0.39 is 6.04 Å². The second-order valence-electron chi connectivity index (χ2n) is 9.47. The normalized spacial score (nSPS) is 19.0. The summed E-state index contributed by atoms with van der Waals surface area (Å²) in [7, 11) is 4.59. The Labute approximate surface area is 203 Å². The molecule has 6 nitrogen and oxygen atoms in total. The van der Waals surface area contributed by atoms with Crippen molar-refractivity contribution in [3.8, 4) is 11.5 Å². The average molecular weight is 468 g/mol. The third-order valence-corrected chi connectivity index (χ3v) is 6.73. The fourth-order valence-electron chi connectivity index (χ4n) is 4.80. The Hall–Kier alpha value is -3.02. The Morgan fingerprint density at radius 3 is 2.24 bits per heavy atom. The first-order valence-corrected chi connectivity index (χ1v) is 12.0. The highest BCUT2D eigenvalue weighted by Gasteiger charge is 2.39. The third kappa shape index (κ3) is 5.72. The molecule has 2 aromatic rings. The Kier molecular flexibility index (Phi) is 8.59. The first-order chi connectivity index (χ1) is 16.3. The SMILES string of the molecule is COC(=O)C1CC(c2ccc(OC)c(OC)c2)CCN1C(=O)[C@@H](C)c1ccc(CC(C)C)cc1. The molecule has 1 heterocycles. The third-order valence-electron chi connectivity index (χ3n) is 6.73. The van der Waals surface area contributed by atoms with Crippen LogP contribution in [0.5, 0.6) is 11.5 Å². The van der Waals surface area contributed by atoms with Crippen LogP contribution in [0.1, 0.15) is 62.1 Å². The van der Waals surface area contributed by atoms with Crippen molar-refractivity contribution in [2.24, 2.45) is 5.92 Å². The molecule has 0 radical (unpaired) electrons.